The molecule has 0 radical (unpaired) electrons. The molecule has 0 aliphatic heterocycles. The molecule has 0 fully saturated rings. The first-order valence-electron chi connectivity index (χ1n) is 7.08. The number of pyridine rings is 1. The van der Waals surface area contributed by atoms with Gasteiger partial charge in [-0.05, 0) is 47.7 Å². The lowest BCUT2D eigenvalue weighted by atomic mass is 9.99. The molecular weight excluding hydrogens is 244 g/mol. The minimum atomic E-state index is 0.921. The number of hydrogen-bond donors (Lipinski definition) is 0. The lowest BCUT2D eigenvalue weighted by Gasteiger charge is -2.15. The molecule has 3 rings (SSSR count). The normalized spacial score (nSPS) is 15.4. The Morgan fingerprint density at radius 1 is 1.00 bits per heavy atom. The zero-order valence-corrected chi connectivity index (χ0v) is 12.4. The van der Waals surface area contributed by atoms with Gasteiger partial charge in [-0.25, -0.2) is 4.98 Å². The van der Waals surface area contributed by atoms with E-state index in [2.05, 4.69) is 54.3 Å². The standard InChI is InChI=1S/C18H20N2/c1-4-13-11-14-7-5-6-8-15(14)12-17-16(13)9-10-18(19-17)20(2)3/h4-10H,11-12H2,1-3H3. The third-order valence-corrected chi connectivity index (χ3v) is 3.97. The van der Waals surface area contributed by atoms with Gasteiger partial charge in [0.05, 0.1) is 5.69 Å². The van der Waals surface area contributed by atoms with Crippen LogP contribution in [0.3, 0.4) is 0 Å². The Kier molecular flexibility index (Phi) is 3.31. The molecule has 0 N–H and O–H groups in total. The van der Waals surface area contributed by atoms with Crippen LogP contribution in [0, 0.1) is 0 Å². The number of hydrogen-bond acceptors (Lipinski definition) is 2. The Balaban J connectivity index is 2.16. The number of fused-ring (bicyclic) bond motifs is 2. The van der Waals surface area contributed by atoms with Crippen molar-refractivity contribution in [2.24, 2.45) is 0 Å². The molecule has 1 aliphatic carbocycles. The highest BCUT2D eigenvalue weighted by molar-refractivity contribution is 5.72. The van der Waals surface area contributed by atoms with Gasteiger partial charge in [0.25, 0.3) is 0 Å². The molecule has 0 unspecified atom stereocenters. The fourth-order valence-electron chi connectivity index (χ4n) is 2.81. The molecule has 0 atom stereocenters. The Labute approximate surface area is 120 Å². The molecule has 102 valence electrons. The van der Waals surface area contributed by atoms with E-state index < -0.39 is 0 Å². The van der Waals surface area contributed by atoms with Crippen LogP contribution in [0.15, 0.2) is 42.5 Å². The predicted molar refractivity (Wildman–Crippen MR) is 85.2 cm³/mol. The van der Waals surface area contributed by atoms with Gasteiger partial charge in [-0.3, -0.25) is 0 Å². The maximum absolute atomic E-state index is 4.85. The summed E-state index contributed by atoms with van der Waals surface area (Å²) in [7, 11) is 4.08. The van der Waals surface area contributed by atoms with Gasteiger partial charge < -0.3 is 4.90 Å². The lowest BCUT2D eigenvalue weighted by molar-refractivity contribution is 1.00. The van der Waals surface area contributed by atoms with Crippen LogP contribution < -0.4 is 4.90 Å². The number of anilines is 1. The monoisotopic (exact) mass is 264 g/mol. The van der Waals surface area contributed by atoms with Gasteiger partial charge in [0.15, 0.2) is 0 Å². The minimum Gasteiger partial charge on any atom is -0.363 e. The third kappa shape index (κ3) is 2.22. The lowest BCUT2D eigenvalue weighted by Crippen LogP contribution is -2.12. The molecule has 20 heavy (non-hydrogen) atoms. The Morgan fingerprint density at radius 2 is 1.70 bits per heavy atom. The van der Waals surface area contributed by atoms with Gasteiger partial charge in [0.2, 0.25) is 0 Å². The van der Waals surface area contributed by atoms with E-state index >= 15 is 0 Å². The minimum absolute atomic E-state index is 0.921. The second kappa shape index (κ2) is 5.12. The van der Waals surface area contributed by atoms with Crippen molar-refractivity contribution in [1.29, 1.82) is 0 Å². The summed E-state index contributed by atoms with van der Waals surface area (Å²) in [5.74, 6) is 1.03. The van der Waals surface area contributed by atoms with Crippen molar-refractivity contribution >= 4 is 11.4 Å². The zero-order valence-electron chi connectivity index (χ0n) is 12.4. The zero-order chi connectivity index (χ0) is 14.1. The summed E-state index contributed by atoms with van der Waals surface area (Å²) in [6.45, 7) is 2.12. The Morgan fingerprint density at radius 3 is 2.35 bits per heavy atom. The van der Waals surface area contributed by atoms with Crippen molar-refractivity contribution < 1.29 is 0 Å². The van der Waals surface area contributed by atoms with Crippen molar-refractivity contribution in [1.82, 2.24) is 4.98 Å². The van der Waals surface area contributed by atoms with Crippen molar-refractivity contribution in [3.8, 4) is 0 Å². The highest BCUT2D eigenvalue weighted by Crippen LogP contribution is 2.31. The average molecular weight is 264 g/mol. The quantitative estimate of drug-likeness (QED) is 0.780. The van der Waals surface area contributed by atoms with E-state index in [1.54, 1.807) is 0 Å². The summed E-state index contributed by atoms with van der Waals surface area (Å²) in [5.41, 5.74) is 6.69. The maximum Gasteiger partial charge on any atom is 0.128 e. The van der Waals surface area contributed by atoms with E-state index in [-0.39, 0.29) is 0 Å². The average Bonchev–Trinajstić information content (AvgIpc) is 2.62. The predicted octanol–water partition coefficient (Wildman–Crippen LogP) is 3.70. The molecule has 1 aromatic carbocycles. The van der Waals surface area contributed by atoms with E-state index in [0.29, 0.717) is 0 Å². The summed E-state index contributed by atoms with van der Waals surface area (Å²) in [6.07, 6.45) is 4.14. The van der Waals surface area contributed by atoms with Crippen LogP contribution in [-0.4, -0.2) is 19.1 Å². The SMILES string of the molecule is CC=C1Cc2ccccc2Cc2nc(N(C)C)ccc21. The third-order valence-electron chi connectivity index (χ3n) is 3.97. The highest BCUT2D eigenvalue weighted by atomic mass is 15.1. The summed E-state index contributed by atoms with van der Waals surface area (Å²) in [6, 6.07) is 13.0. The van der Waals surface area contributed by atoms with Crippen molar-refractivity contribution in [3.05, 3.63) is 64.9 Å². The molecule has 2 heteroatoms. The van der Waals surface area contributed by atoms with E-state index in [1.807, 2.05) is 14.1 Å². The van der Waals surface area contributed by atoms with Crippen LogP contribution in [-0.2, 0) is 12.8 Å². The number of nitrogens with zero attached hydrogens (tertiary/aromatic N) is 2. The van der Waals surface area contributed by atoms with Crippen LogP contribution in [0.25, 0.3) is 5.57 Å². The summed E-state index contributed by atoms with van der Waals surface area (Å²) in [4.78, 5) is 6.92. The number of allylic oxidation sites excluding steroid dienone is 2. The first kappa shape index (κ1) is 12.9. The summed E-state index contributed by atoms with van der Waals surface area (Å²) < 4.78 is 0. The van der Waals surface area contributed by atoms with Gasteiger partial charge in [-0.15, -0.1) is 0 Å². The Hall–Kier alpha value is -2.09. The fraction of sp³-hybridized carbons (Fsp3) is 0.278. The molecule has 1 aliphatic rings. The second-order valence-corrected chi connectivity index (χ2v) is 5.49. The Bertz CT molecular complexity index is 669. The number of rotatable bonds is 1. The van der Waals surface area contributed by atoms with Gasteiger partial charge in [0.1, 0.15) is 5.82 Å². The van der Waals surface area contributed by atoms with Crippen LogP contribution in [0.4, 0.5) is 5.82 Å². The van der Waals surface area contributed by atoms with Crippen molar-refractivity contribution in [3.63, 3.8) is 0 Å². The molecule has 0 saturated carbocycles. The second-order valence-electron chi connectivity index (χ2n) is 5.49. The van der Waals surface area contributed by atoms with Crippen molar-refractivity contribution in [2.45, 2.75) is 19.8 Å². The molecule has 1 aromatic heterocycles. The summed E-state index contributed by atoms with van der Waals surface area (Å²) >= 11 is 0. The van der Waals surface area contributed by atoms with Crippen LogP contribution in [0.5, 0.6) is 0 Å². The van der Waals surface area contributed by atoms with E-state index in [4.69, 9.17) is 4.98 Å². The molecule has 0 spiro atoms. The van der Waals surface area contributed by atoms with Crippen LogP contribution in [0.2, 0.25) is 0 Å². The van der Waals surface area contributed by atoms with Crippen LogP contribution >= 0.6 is 0 Å². The van der Waals surface area contributed by atoms with Gasteiger partial charge >= 0.3 is 0 Å². The van der Waals surface area contributed by atoms with E-state index in [9.17, 15) is 0 Å². The van der Waals surface area contributed by atoms with E-state index in [1.165, 1.54) is 28.0 Å². The molecule has 0 bridgehead atoms. The first-order chi connectivity index (χ1) is 9.69. The molecule has 2 nitrogen and oxygen atoms in total. The molecule has 0 saturated heterocycles. The molecular formula is C18H20N2. The molecule has 0 amide bonds. The van der Waals surface area contributed by atoms with Crippen molar-refractivity contribution in [2.75, 3.05) is 19.0 Å². The van der Waals surface area contributed by atoms with E-state index in [0.717, 1.165) is 18.7 Å². The highest BCUT2D eigenvalue weighted by Gasteiger charge is 2.18. The fourth-order valence-corrected chi connectivity index (χ4v) is 2.81. The number of benzene rings is 1. The van der Waals surface area contributed by atoms with Gasteiger partial charge in [0, 0.05) is 20.5 Å². The van der Waals surface area contributed by atoms with Crippen LogP contribution in [0.1, 0.15) is 29.3 Å². The summed E-state index contributed by atoms with van der Waals surface area (Å²) in [5, 5.41) is 0. The largest absolute Gasteiger partial charge is 0.363 e. The maximum atomic E-state index is 4.85. The number of aromatic nitrogens is 1. The molecule has 2 aromatic rings. The molecule has 1 heterocycles. The topological polar surface area (TPSA) is 16.1 Å². The van der Waals surface area contributed by atoms with Gasteiger partial charge in [-0.2, -0.15) is 0 Å². The smallest absolute Gasteiger partial charge is 0.128 e. The first-order valence-corrected chi connectivity index (χ1v) is 7.08. The van der Waals surface area contributed by atoms with Gasteiger partial charge in [-0.1, -0.05) is 30.3 Å².